The Kier molecular flexibility index (Phi) is 6.83. The molecule has 2 rings (SSSR count). The van der Waals surface area contributed by atoms with Crippen LogP contribution in [0.25, 0.3) is 0 Å². The van der Waals surface area contributed by atoms with Gasteiger partial charge < -0.3 is 10.6 Å². The number of carbonyl (C=O) groups excluding carboxylic acids is 1. The van der Waals surface area contributed by atoms with Gasteiger partial charge in [-0.2, -0.15) is 0 Å². The molecule has 5 heteroatoms. The van der Waals surface area contributed by atoms with E-state index >= 15 is 0 Å². The van der Waals surface area contributed by atoms with E-state index < -0.39 is 0 Å². The van der Waals surface area contributed by atoms with E-state index in [2.05, 4.69) is 26.6 Å². The number of halogens is 2. The van der Waals surface area contributed by atoms with E-state index in [0.29, 0.717) is 0 Å². The molecule has 1 amide bonds. The molecule has 0 bridgehead atoms. The second-order valence-electron chi connectivity index (χ2n) is 4.79. The molecule has 1 heterocycles. The van der Waals surface area contributed by atoms with Gasteiger partial charge in [0.15, 0.2) is 0 Å². The molecule has 2 N–H and O–H groups in total. The summed E-state index contributed by atoms with van der Waals surface area (Å²) >= 11 is 3.45. The maximum Gasteiger partial charge on any atom is 0.237 e. The second kappa shape index (κ2) is 7.88. The van der Waals surface area contributed by atoms with Crippen LogP contribution < -0.4 is 10.6 Å². The van der Waals surface area contributed by atoms with Gasteiger partial charge in [0.05, 0.1) is 12.1 Å². The molecule has 0 aromatic heterocycles. The maximum absolute atomic E-state index is 12.1. The van der Waals surface area contributed by atoms with Gasteiger partial charge in [-0.1, -0.05) is 34.5 Å². The second-order valence-corrected chi connectivity index (χ2v) is 5.70. The zero-order chi connectivity index (χ0) is 13.0. The van der Waals surface area contributed by atoms with Gasteiger partial charge in [0, 0.05) is 4.47 Å². The zero-order valence-electron chi connectivity index (χ0n) is 11.0. The summed E-state index contributed by atoms with van der Waals surface area (Å²) in [6, 6.07) is 8.07. The normalized spacial score (nSPS) is 20.2. The Morgan fingerprint density at radius 2 is 2.26 bits per heavy atom. The Morgan fingerprint density at radius 1 is 1.47 bits per heavy atom. The van der Waals surface area contributed by atoms with E-state index in [0.717, 1.165) is 29.4 Å². The van der Waals surface area contributed by atoms with Crippen LogP contribution in [0.5, 0.6) is 0 Å². The van der Waals surface area contributed by atoms with E-state index in [4.69, 9.17) is 0 Å². The quantitative estimate of drug-likeness (QED) is 0.881. The summed E-state index contributed by atoms with van der Waals surface area (Å²) in [6.45, 7) is 2.96. The standard InChI is InChI=1S/C14H19BrN2O.ClH/c1-10(11-5-4-6-12(15)9-11)17-14(18)13-7-2-3-8-16-13;/h4-6,9-10,13,16H,2-3,7-8H2,1H3,(H,17,18);1H/t10?,13-;/m0./s1. The number of carbonyl (C=O) groups is 1. The highest BCUT2D eigenvalue weighted by molar-refractivity contribution is 9.10. The van der Waals surface area contributed by atoms with Crippen LogP contribution in [0.2, 0.25) is 0 Å². The molecule has 0 saturated carbocycles. The number of hydrogen-bond donors (Lipinski definition) is 2. The first kappa shape index (κ1) is 16.5. The first-order valence-corrected chi connectivity index (χ1v) is 7.25. The molecule has 0 spiro atoms. The Balaban J connectivity index is 0.00000180. The molecule has 1 aromatic carbocycles. The highest BCUT2D eigenvalue weighted by Crippen LogP contribution is 2.18. The molecular formula is C14H20BrClN2O. The smallest absolute Gasteiger partial charge is 0.237 e. The van der Waals surface area contributed by atoms with E-state index in [1.165, 1.54) is 6.42 Å². The largest absolute Gasteiger partial charge is 0.348 e. The summed E-state index contributed by atoms with van der Waals surface area (Å²) in [5, 5.41) is 6.34. The van der Waals surface area contributed by atoms with Crippen molar-refractivity contribution < 1.29 is 4.79 Å². The highest BCUT2D eigenvalue weighted by Gasteiger charge is 2.21. The van der Waals surface area contributed by atoms with Gasteiger partial charge >= 0.3 is 0 Å². The third-order valence-electron chi connectivity index (χ3n) is 3.33. The minimum Gasteiger partial charge on any atom is -0.348 e. The van der Waals surface area contributed by atoms with Crippen LogP contribution >= 0.6 is 28.3 Å². The van der Waals surface area contributed by atoms with Crippen molar-refractivity contribution in [2.45, 2.75) is 38.3 Å². The van der Waals surface area contributed by atoms with Gasteiger partial charge in [0.1, 0.15) is 0 Å². The lowest BCUT2D eigenvalue weighted by Gasteiger charge is -2.24. The molecule has 1 unspecified atom stereocenters. The molecule has 1 fully saturated rings. The lowest BCUT2D eigenvalue weighted by atomic mass is 10.0. The summed E-state index contributed by atoms with van der Waals surface area (Å²) in [5.41, 5.74) is 1.12. The first-order chi connectivity index (χ1) is 8.66. The fourth-order valence-electron chi connectivity index (χ4n) is 2.25. The van der Waals surface area contributed by atoms with Crippen LogP contribution in [0.3, 0.4) is 0 Å². The van der Waals surface area contributed by atoms with E-state index in [-0.39, 0.29) is 30.4 Å². The molecule has 1 saturated heterocycles. The lowest BCUT2D eigenvalue weighted by Crippen LogP contribution is -2.47. The van der Waals surface area contributed by atoms with Crippen LogP contribution in [-0.4, -0.2) is 18.5 Å². The average molecular weight is 348 g/mol. The monoisotopic (exact) mass is 346 g/mol. The minimum absolute atomic E-state index is 0. The van der Waals surface area contributed by atoms with E-state index in [9.17, 15) is 4.79 Å². The van der Waals surface area contributed by atoms with E-state index in [1.54, 1.807) is 0 Å². The number of benzene rings is 1. The van der Waals surface area contributed by atoms with Gasteiger partial charge in [-0.15, -0.1) is 12.4 Å². The van der Waals surface area contributed by atoms with Gasteiger partial charge in [-0.05, 0) is 44.0 Å². The molecule has 1 aromatic rings. The van der Waals surface area contributed by atoms with Gasteiger partial charge in [-0.25, -0.2) is 0 Å². The topological polar surface area (TPSA) is 41.1 Å². The van der Waals surface area contributed by atoms with Gasteiger partial charge in [0.2, 0.25) is 5.91 Å². The van der Waals surface area contributed by atoms with Gasteiger partial charge in [-0.3, -0.25) is 4.79 Å². The molecule has 1 aliphatic rings. The number of hydrogen-bond acceptors (Lipinski definition) is 2. The molecule has 2 atom stereocenters. The molecule has 3 nitrogen and oxygen atoms in total. The van der Waals surface area contributed by atoms with Crippen LogP contribution in [0.1, 0.15) is 37.8 Å². The Hall–Kier alpha value is -0.580. The molecular weight excluding hydrogens is 328 g/mol. The first-order valence-electron chi connectivity index (χ1n) is 6.46. The summed E-state index contributed by atoms with van der Waals surface area (Å²) in [7, 11) is 0. The zero-order valence-corrected chi connectivity index (χ0v) is 13.4. The van der Waals surface area contributed by atoms with Crippen molar-refractivity contribution in [1.82, 2.24) is 10.6 Å². The number of nitrogens with one attached hydrogen (secondary N) is 2. The van der Waals surface area contributed by atoms with Crippen LogP contribution in [0.15, 0.2) is 28.7 Å². The Bertz CT molecular complexity index is 422. The van der Waals surface area contributed by atoms with Crippen molar-refractivity contribution in [2.24, 2.45) is 0 Å². The maximum atomic E-state index is 12.1. The van der Waals surface area contributed by atoms with Gasteiger partial charge in [0.25, 0.3) is 0 Å². The summed E-state index contributed by atoms with van der Waals surface area (Å²) in [5.74, 6) is 0.113. The van der Waals surface area contributed by atoms with Crippen molar-refractivity contribution in [3.63, 3.8) is 0 Å². The van der Waals surface area contributed by atoms with E-state index in [1.807, 2.05) is 31.2 Å². The number of rotatable bonds is 3. The molecule has 1 aliphatic heterocycles. The van der Waals surface area contributed by atoms with Crippen LogP contribution in [0, 0.1) is 0 Å². The third kappa shape index (κ3) is 4.79. The SMILES string of the molecule is CC(NC(=O)[C@@H]1CCCCN1)c1cccc(Br)c1.Cl. The lowest BCUT2D eigenvalue weighted by molar-refractivity contribution is -0.124. The Morgan fingerprint density at radius 3 is 2.89 bits per heavy atom. The molecule has 0 aliphatic carbocycles. The van der Waals surface area contributed by atoms with Crippen molar-refractivity contribution in [2.75, 3.05) is 6.54 Å². The Labute approximate surface area is 129 Å². The average Bonchev–Trinajstić information content (AvgIpc) is 2.39. The van der Waals surface area contributed by atoms with Crippen molar-refractivity contribution in [3.05, 3.63) is 34.3 Å². The molecule has 106 valence electrons. The number of piperidine rings is 1. The minimum atomic E-state index is -0.0200. The van der Waals surface area contributed by atoms with Crippen LogP contribution in [0.4, 0.5) is 0 Å². The summed E-state index contributed by atoms with van der Waals surface area (Å²) < 4.78 is 1.04. The third-order valence-corrected chi connectivity index (χ3v) is 3.83. The fourth-order valence-corrected chi connectivity index (χ4v) is 2.67. The van der Waals surface area contributed by atoms with Crippen molar-refractivity contribution in [1.29, 1.82) is 0 Å². The summed E-state index contributed by atoms with van der Waals surface area (Å²) in [4.78, 5) is 12.1. The predicted octanol–water partition coefficient (Wildman–Crippen LogP) is 3.19. The molecule has 19 heavy (non-hydrogen) atoms. The molecule has 0 radical (unpaired) electrons. The predicted molar refractivity (Wildman–Crippen MR) is 83.6 cm³/mol. The summed E-state index contributed by atoms with van der Waals surface area (Å²) in [6.07, 6.45) is 3.25. The van der Waals surface area contributed by atoms with Crippen molar-refractivity contribution >= 4 is 34.2 Å². The fraction of sp³-hybridized carbons (Fsp3) is 0.500. The highest BCUT2D eigenvalue weighted by atomic mass is 79.9. The number of amides is 1. The van der Waals surface area contributed by atoms with Crippen molar-refractivity contribution in [3.8, 4) is 0 Å². The van der Waals surface area contributed by atoms with Crippen LogP contribution in [-0.2, 0) is 4.79 Å².